The molecule has 0 saturated heterocycles. The summed E-state index contributed by atoms with van der Waals surface area (Å²) < 4.78 is 16.8. The first-order valence-electron chi connectivity index (χ1n) is 26.7. The van der Waals surface area contributed by atoms with Crippen LogP contribution in [0.5, 0.6) is 0 Å². The number of esters is 3. The average Bonchev–Trinajstić information content (AvgIpc) is 3.22. The van der Waals surface area contributed by atoms with E-state index in [9.17, 15) is 14.4 Å². The Balaban J connectivity index is 4.30. The molecule has 0 aromatic rings. The minimum absolute atomic E-state index is 0.0634. The van der Waals surface area contributed by atoms with Gasteiger partial charge in [0.1, 0.15) is 13.2 Å². The van der Waals surface area contributed by atoms with Crippen molar-refractivity contribution in [1.82, 2.24) is 0 Å². The van der Waals surface area contributed by atoms with Crippen LogP contribution in [0.25, 0.3) is 0 Å². The first kappa shape index (κ1) is 58.4. The Morgan fingerprint density at radius 2 is 0.550 bits per heavy atom. The Hall–Kier alpha value is -1.59. The van der Waals surface area contributed by atoms with E-state index in [1.54, 1.807) is 0 Å². The van der Waals surface area contributed by atoms with E-state index in [4.69, 9.17) is 14.2 Å². The molecule has 0 radical (unpaired) electrons. The quantitative estimate of drug-likeness (QED) is 0.0345. The van der Waals surface area contributed by atoms with Gasteiger partial charge in [0.25, 0.3) is 0 Å². The number of hydrogen-bond acceptors (Lipinski definition) is 6. The van der Waals surface area contributed by atoms with Crippen LogP contribution in [0.15, 0.2) is 0 Å². The molecular formula is C54H104O6. The number of rotatable bonds is 48. The molecule has 0 saturated carbocycles. The minimum atomic E-state index is -0.762. The van der Waals surface area contributed by atoms with Gasteiger partial charge in [-0.15, -0.1) is 0 Å². The zero-order valence-corrected chi connectivity index (χ0v) is 41.1. The molecule has 0 aliphatic carbocycles. The Morgan fingerprint density at radius 3 is 0.817 bits per heavy atom. The fraction of sp³-hybridized carbons (Fsp3) is 0.944. The van der Waals surface area contributed by atoms with E-state index in [1.807, 2.05) is 0 Å². The van der Waals surface area contributed by atoms with Gasteiger partial charge in [-0.1, -0.05) is 259 Å². The number of ether oxygens (including phenoxy) is 3. The second-order valence-corrected chi connectivity index (χ2v) is 19.5. The third-order valence-electron chi connectivity index (χ3n) is 12.2. The molecule has 0 spiro atoms. The first-order chi connectivity index (χ1) is 29.2. The second kappa shape index (κ2) is 46.9. The largest absolute Gasteiger partial charge is 0.462 e. The Labute approximate surface area is 374 Å². The summed E-state index contributed by atoms with van der Waals surface area (Å²) in [6.45, 7) is 11.4. The van der Waals surface area contributed by atoms with Gasteiger partial charge in [0.2, 0.25) is 0 Å². The molecule has 0 aromatic carbocycles. The molecule has 60 heavy (non-hydrogen) atoms. The first-order valence-corrected chi connectivity index (χ1v) is 26.7. The van der Waals surface area contributed by atoms with Crippen molar-refractivity contribution in [2.75, 3.05) is 13.2 Å². The molecule has 0 aliphatic rings. The van der Waals surface area contributed by atoms with E-state index >= 15 is 0 Å². The molecule has 0 rings (SSSR count). The lowest BCUT2D eigenvalue weighted by molar-refractivity contribution is -0.167. The van der Waals surface area contributed by atoms with Gasteiger partial charge in [-0.25, -0.2) is 0 Å². The van der Waals surface area contributed by atoms with Crippen LogP contribution >= 0.6 is 0 Å². The van der Waals surface area contributed by atoms with Crippen LogP contribution in [0.3, 0.4) is 0 Å². The van der Waals surface area contributed by atoms with Crippen molar-refractivity contribution in [3.8, 4) is 0 Å². The minimum Gasteiger partial charge on any atom is -0.462 e. The summed E-state index contributed by atoms with van der Waals surface area (Å²) in [6.07, 6.45) is 48.0. The lowest BCUT2D eigenvalue weighted by atomic mass is 10.0. The van der Waals surface area contributed by atoms with E-state index in [-0.39, 0.29) is 31.1 Å². The maximum atomic E-state index is 12.8. The van der Waals surface area contributed by atoms with Gasteiger partial charge in [-0.05, 0) is 31.1 Å². The highest BCUT2D eigenvalue weighted by Crippen LogP contribution is 2.17. The fourth-order valence-corrected chi connectivity index (χ4v) is 8.17. The van der Waals surface area contributed by atoms with Crippen LogP contribution < -0.4 is 0 Å². The predicted molar refractivity (Wildman–Crippen MR) is 256 cm³/mol. The van der Waals surface area contributed by atoms with E-state index in [1.165, 1.54) is 186 Å². The van der Waals surface area contributed by atoms with Crippen LogP contribution in [0.4, 0.5) is 0 Å². The number of hydrogen-bond donors (Lipinski definition) is 0. The van der Waals surface area contributed by atoms with Gasteiger partial charge in [-0.2, -0.15) is 0 Å². The van der Waals surface area contributed by atoms with Crippen molar-refractivity contribution in [2.45, 2.75) is 304 Å². The highest BCUT2D eigenvalue weighted by Gasteiger charge is 2.19. The van der Waals surface area contributed by atoms with Crippen LogP contribution in [0.1, 0.15) is 298 Å². The van der Waals surface area contributed by atoms with Gasteiger partial charge < -0.3 is 14.2 Å². The maximum absolute atomic E-state index is 12.8. The van der Waals surface area contributed by atoms with Crippen molar-refractivity contribution in [2.24, 2.45) is 11.8 Å². The molecule has 6 heteroatoms. The van der Waals surface area contributed by atoms with Crippen molar-refractivity contribution in [1.29, 1.82) is 0 Å². The summed E-state index contributed by atoms with van der Waals surface area (Å²) in [7, 11) is 0. The number of unbranched alkanes of at least 4 members (excludes halogenated alkanes) is 33. The summed E-state index contributed by atoms with van der Waals surface area (Å²) in [5.74, 6) is 0.810. The standard InChI is InChI=1S/C54H104O6/c1-6-7-8-9-10-11-12-14-18-24-29-34-39-44-52(55)58-47-51(60-54(57)46-41-36-31-26-21-20-23-28-33-38-43-50(4)5)48-59-53(56)45-40-35-30-25-19-16-13-15-17-22-27-32-37-42-49(2)3/h49-51H,6-48H2,1-5H3/t51-/m1/s1. The van der Waals surface area contributed by atoms with E-state index in [0.717, 1.165) is 69.6 Å². The monoisotopic (exact) mass is 849 g/mol. The SMILES string of the molecule is CCCCCCCCCCCCCCCC(=O)OC[C@H](COC(=O)CCCCCCCCCCCCCCCC(C)C)OC(=O)CCCCCCCCCCCCC(C)C. The normalized spacial score (nSPS) is 12.1. The molecule has 0 aromatic heterocycles. The molecule has 356 valence electrons. The summed E-state index contributed by atoms with van der Waals surface area (Å²) >= 11 is 0. The Bertz CT molecular complexity index is 916. The number of carbonyl (C=O) groups is 3. The van der Waals surface area contributed by atoms with Crippen LogP contribution in [0.2, 0.25) is 0 Å². The highest BCUT2D eigenvalue weighted by atomic mass is 16.6. The van der Waals surface area contributed by atoms with Crippen LogP contribution in [-0.4, -0.2) is 37.2 Å². The molecule has 0 unspecified atom stereocenters. The Morgan fingerprint density at radius 1 is 0.317 bits per heavy atom. The summed E-state index contributed by atoms with van der Waals surface area (Å²) in [4.78, 5) is 38.0. The molecule has 0 bridgehead atoms. The topological polar surface area (TPSA) is 78.9 Å². The van der Waals surface area contributed by atoms with Crippen molar-refractivity contribution in [3.63, 3.8) is 0 Å². The third-order valence-corrected chi connectivity index (χ3v) is 12.2. The predicted octanol–water partition coefficient (Wildman–Crippen LogP) is 17.3. The summed E-state index contributed by atoms with van der Waals surface area (Å²) in [6, 6.07) is 0. The highest BCUT2D eigenvalue weighted by molar-refractivity contribution is 5.71. The number of carbonyl (C=O) groups excluding carboxylic acids is 3. The van der Waals surface area contributed by atoms with E-state index in [2.05, 4.69) is 34.6 Å². The lowest BCUT2D eigenvalue weighted by Crippen LogP contribution is -2.30. The van der Waals surface area contributed by atoms with Crippen molar-refractivity contribution < 1.29 is 28.6 Å². The zero-order valence-electron chi connectivity index (χ0n) is 41.1. The summed E-state index contributed by atoms with van der Waals surface area (Å²) in [5, 5.41) is 0. The summed E-state index contributed by atoms with van der Waals surface area (Å²) in [5.41, 5.74) is 0. The third kappa shape index (κ3) is 47.5. The fourth-order valence-electron chi connectivity index (χ4n) is 8.17. The molecule has 0 N–H and O–H groups in total. The van der Waals surface area contributed by atoms with Gasteiger partial charge in [0, 0.05) is 19.3 Å². The van der Waals surface area contributed by atoms with Gasteiger partial charge in [0.05, 0.1) is 0 Å². The molecular weight excluding hydrogens is 745 g/mol. The zero-order chi connectivity index (χ0) is 44.0. The lowest BCUT2D eigenvalue weighted by Gasteiger charge is -2.18. The smallest absolute Gasteiger partial charge is 0.306 e. The van der Waals surface area contributed by atoms with Crippen molar-refractivity contribution in [3.05, 3.63) is 0 Å². The van der Waals surface area contributed by atoms with Crippen LogP contribution in [0, 0.1) is 11.8 Å². The van der Waals surface area contributed by atoms with Crippen molar-refractivity contribution >= 4 is 17.9 Å². The van der Waals surface area contributed by atoms with E-state index in [0.29, 0.717) is 19.3 Å². The van der Waals surface area contributed by atoms with E-state index < -0.39 is 6.10 Å². The van der Waals surface area contributed by atoms with Gasteiger partial charge in [-0.3, -0.25) is 14.4 Å². The Kier molecular flexibility index (Phi) is 45.7. The van der Waals surface area contributed by atoms with Gasteiger partial charge >= 0.3 is 17.9 Å². The molecule has 6 nitrogen and oxygen atoms in total. The molecule has 0 fully saturated rings. The average molecular weight is 849 g/mol. The maximum Gasteiger partial charge on any atom is 0.306 e. The van der Waals surface area contributed by atoms with Crippen LogP contribution in [-0.2, 0) is 28.6 Å². The second-order valence-electron chi connectivity index (χ2n) is 19.5. The van der Waals surface area contributed by atoms with Gasteiger partial charge in [0.15, 0.2) is 6.10 Å². The molecule has 0 heterocycles. The molecule has 1 atom stereocenters. The molecule has 0 aliphatic heterocycles. The molecule has 0 amide bonds.